The number of amides is 2. The number of oxime groups is 1. The van der Waals surface area contributed by atoms with Crippen LogP contribution < -0.4 is 5.32 Å². The Morgan fingerprint density at radius 3 is 2.77 bits per heavy atom. The average Bonchev–Trinajstić information content (AvgIpc) is 3.15. The van der Waals surface area contributed by atoms with Crippen LogP contribution in [0.3, 0.4) is 0 Å². The van der Waals surface area contributed by atoms with Gasteiger partial charge in [-0.1, -0.05) is 29.4 Å². The van der Waals surface area contributed by atoms with Crippen LogP contribution in [-0.4, -0.2) is 73.2 Å². The molecule has 1 saturated heterocycles. The fourth-order valence-corrected chi connectivity index (χ4v) is 4.84. The van der Waals surface area contributed by atoms with Gasteiger partial charge >= 0.3 is 0 Å². The Morgan fingerprint density at radius 1 is 1.35 bits per heavy atom. The molecule has 0 radical (unpaired) electrons. The Balaban J connectivity index is 1.75. The minimum Gasteiger partial charge on any atom is -0.392 e. The first-order valence-corrected chi connectivity index (χ1v) is 11.2. The second kappa shape index (κ2) is 9.81. The molecule has 0 spiro atoms. The largest absolute Gasteiger partial charge is 0.392 e. The van der Waals surface area contributed by atoms with Gasteiger partial charge in [-0.05, 0) is 46.3 Å². The Kier molecular flexibility index (Phi) is 7.36. The summed E-state index contributed by atoms with van der Waals surface area (Å²) in [5.41, 5.74) is 2.53. The van der Waals surface area contributed by atoms with Crippen molar-refractivity contribution in [2.45, 2.75) is 58.6 Å². The lowest BCUT2D eigenvalue weighted by Gasteiger charge is -2.42. The van der Waals surface area contributed by atoms with E-state index >= 15 is 0 Å². The molecule has 2 aliphatic rings. The number of rotatable bonds is 7. The topological polar surface area (TPSA) is 74.2 Å². The number of benzene rings is 1. The van der Waals surface area contributed by atoms with Gasteiger partial charge < -0.3 is 20.0 Å². The van der Waals surface area contributed by atoms with E-state index in [4.69, 9.17) is 4.84 Å². The molecule has 7 heteroatoms. The van der Waals surface area contributed by atoms with Crippen LogP contribution in [0.25, 0.3) is 0 Å². The highest BCUT2D eigenvalue weighted by atomic mass is 16.6. The van der Waals surface area contributed by atoms with Crippen molar-refractivity contribution in [2.24, 2.45) is 10.6 Å². The molecule has 1 aromatic rings. The molecular formula is C24H36N4O3. The molecule has 3 rings (SSSR count). The Hall–Kier alpha value is -2.41. The van der Waals surface area contributed by atoms with E-state index in [2.05, 4.69) is 34.4 Å². The van der Waals surface area contributed by atoms with Gasteiger partial charge in [-0.15, -0.1) is 0 Å². The standard InChI is InChI=1S/C24H36N4O3/c1-17-9-6-7-10-21(17)22-13-20(31-26-22)14-24(11-8-12-28(16-24)19(3)29)23(30)25-18(2)15-27(4)5/h6-7,9-10,18,20H,8,11-16H2,1-5H3,(H,25,30)/t18-,20-,24-/m0/s1. The van der Waals surface area contributed by atoms with Crippen LogP contribution in [0.5, 0.6) is 0 Å². The first-order valence-electron chi connectivity index (χ1n) is 11.2. The van der Waals surface area contributed by atoms with Crippen LogP contribution in [0.2, 0.25) is 0 Å². The predicted octanol–water partition coefficient (Wildman–Crippen LogP) is 2.57. The number of aryl methyl sites for hydroxylation is 1. The number of likely N-dealkylation sites (N-methyl/N-ethyl adjacent to an activating group) is 1. The average molecular weight is 429 g/mol. The summed E-state index contributed by atoms with van der Waals surface area (Å²) in [5.74, 6) is 0.0307. The Bertz CT molecular complexity index is 838. The SMILES string of the molecule is CC(=O)N1CCC[C@@](C[C@@H]2CC(c3ccccc3C)=NO2)(C(=O)N[C@@H](C)CN(C)C)C1. The summed E-state index contributed by atoms with van der Waals surface area (Å²) in [6.45, 7) is 7.56. The number of nitrogens with one attached hydrogen (secondary N) is 1. The van der Waals surface area contributed by atoms with E-state index in [-0.39, 0.29) is 24.0 Å². The Labute approximate surface area is 185 Å². The first-order chi connectivity index (χ1) is 14.7. The maximum atomic E-state index is 13.5. The molecule has 1 N–H and O–H groups in total. The lowest BCUT2D eigenvalue weighted by Crippen LogP contribution is -2.56. The summed E-state index contributed by atoms with van der Waals surface area (Å²) in [7, 11) is 3.99. The second-order valence-electron chi connectivity index (χ2n) is 9.45. The molecule has 0 aromatic heterocycles. The summed E-state index contributed by atoms with van der Waals surface area (Å²) >= 11 is 0. The van der Waals surface area contributed by atoms with Crippen molar-refractivity contribution >= 4 is 17.5 Å². The van der Waals surface area contributed by atoms with E-state index in [0.29, 0.717) is 25.9 Å². The molecule has 1 aromatic carbocycles. The summed E-state index contributed by atoms with van der Waals surface area (Å²) in [4.78, 5) is 35.3. The van der Waals surface area contributed by atoms with Gasteiger partial charge in [0.1, 0.15) is 6.10 Å². The molecule has 1 fully saturated rings. The molecule has 2 amide bonds. The first kappa shape index (κ1) is 23.3. The maximum absolute atomic E-state index is 13.5. The number of hydrogen-bond acceptors (Lipinski definition) is 5. The lowest BCUT2D eigenvalue weighted by molar-refractivity contribution is -0.143. The summed E-state index contributed by atoms with van der Waals surface area (Å²) in [6, 6.07) is 8.17. The zero-order chi connectivity index (χ0) is 22.6. The van der Waals surface area contributed by atoms with Gasteiger partial charge in [-0.2, -0.15) is 0 Å². The van der Waals surface area contributed by atoms with E-state index < -0.39 is 5.41 Å². The number of nitrogens with zero attached hydrogens (tertiary/aromatic N) is 3. The molecule has 7 nitrogen and oxygen atoms in total. The normalized spacial score (nSPS) is 24.5. The van der Waals surface area contributed by atoms with Crippen molar-refractivity contribution < 1.29 is 14.4 Å². The highest BCUT2D eigenvalue weighted by Crippen LogP contribution is 2.38. The maximum Gasteiger partial charge on any atom is 0.228 e. The van der Waals surface area contributed by atoms with Crippen LogP contribution in [0, 0.1) is 12.3 Å². The summed E-state index contributed by atoms with van der Waals surface area (Å²) in [5, 5.41) is 7.55. The third-order valence-electron chi connectivity index (χ3n) is 6.33. The fraction of sp³-hybridized carbons (Fsp3) is 0.625. The molecule has 0 unspecified atom stereocenters. The third kappa shape index (κ3) is 5.64. The number of piperidine rings is 1. The van der Waals surface area contributed by atoms with Crippen molar-refractivity contribution in [2.75, 3.05) is 33.7 Å². The summed E-state index contributed by atoms with van der Waals surface area (Å²) in [6.07, 6.45) is 2.62. The van der Waals surface area contributed by atoms with E-state index in [9.17, 15) is 9.59 Å². The molecule has 2 aliphatic heterocycles. The zero-order valence-electron chi connectivity index (χ0n) is 19.5. The number of hydrogen-bond donors (Lipinski definition) is 1. The highest BCUT2D eigenvalue weighted by Gasteiger charge is 2.46. The van der Waals surface area contributed by atoms with E-state index in [0.717, 1.165) is 36.2 Å². The fourth-order valence-electron chi connectivity index (χ4n) is 4.84. The van der Waals surface area contributed by atoms with E-state index in [1.54, 1.807) is 11.8 Å². The number of carbonyl (C=O) groups is 2. The monoisotopic (exact) mass is 428 g/mol. The molecular weight excluding hydrogens is 392 g/mol. The van der Waals surface area contributed by atoms with Crippen molar-refractivity contribution in [3.8, 4) is 0 Å². The van der Waals surface area contributed by atoms with Gasteiger partial charge in [0.15, 0.2) is 0 Å². The van der Waals surface area contributed by atoms with Crippen molar-refractivity contribution in [3.63, 3.8) is 0 Å². The Morgan fingerprint density at radius 2 is 2.10 bits per heavy atom. The molecule has 3 atom stereocenters. The van der Waals surface area contributed by atoms with Gasteiger partial charge in [-0.3, -0.25) is 9.59 Å². The van der Waals surface area contributed by atoms with Crippen LogP contribution in [0.1, 0.15) is 50.7 Å². The van der Waals surface area contributed by atoms with Gasteiger partial charge in [0.2, 0.25) is 11.8 Å². The molecule has 0 saturated carbocycles. The second-order valence-corrected chi connectivity index (χ2v) is 9.45. The third-order valence-corrected chi connectivity index (χ3v) is 6.33. The van der Waals surface area contributed by atoms with Gasteiger partial charge in [0.05, 0.1) is 11.1 Å². The molecule has 2 heterocycles. The quantitative estimate of drug-likeness (QED) is 0.724. The van der Waals surface area contributed by atoms with Crippen molar-refractivity contribution in [3.05, 3.63) is 35.4 Å². The van der Waals surface area contributed by atoms with E-state index in [1.165, 1.54) is 0 Å². The predicted molar refractivity (Wildman–Crippen MR) is 122 cm³/mol. The smallest absolute Gasteiger partial charge is 0.228 e. The van der Waals surface area contributed by atoms with Crippen LogP contribution >= 0.6 is 0 Å². The van der Waals surface area contributed by atoms with Crippen LogP contribution in [-0.2, 0) is 14.4 Å². The van der Waals surface area contributed by atoms with E-state index in [1.807, 2.05) is 33.2 Å². The van der Waals surface area contributed by atoms with Gasteiger partial charge in [0.25, 0.3) is 0 Å². The van der Waals surface area contributed by atoms with Crippen LogP contribution in [0.15, 0.2) is 29.4 Å². The highest BCUT2D eigenvalue weighted by molar-refractivity contribution is 6.02. The molecule has 0 aliphatic carbocycles. The molecule has 0 bridgehead atoms. The lowest BCUT2D eigenvalue weighted by atomic mass is 9.73. The molecule has 170 valence electrons. The summed E-state index contributed by atoms with van der Waals surface area (Å²) < 4.78 is 0. The van der Waals surface area contributed by atoms with Gasteiger partial charge in [-0.25, -0.2) is 0 Å². The van der Waals surface area contributed by atoms with Crippen molar-refractivity contribution in [1.82, 2.24) is 15.1 Å². The molecule has 31 heavy (non-hydrogen) atoms. The number of carbonyl (C=O) groups excluding carboxylic acids is 2. The minimum atomic E-state index is -0.661. The minimum absolute atomic E-state index is 0.0146. The van der Waals surface area contributed by atoms with Crippen LogP contribution in [0.4, 0.5) is 0 Å². The number of likely N-dealkylation sites (tertiary alicyclic amines) is 1. The zero-order valence-corrected chi connectivity index (χ0v) is 19.5. The van der Waals surface area contributed by atoms with Crippen molar-refractivity contribution in [1.29, 1.82) is 0 Å². The van der Waals surface area contributed by atoms with Gasteiger partial charge in [0, 0.05) is 51.0 Å².